The van der Waals surface area contributed by atoms with Crippen LogP contribution in [0.4, 0.5) is 5.82 Å². The summed E-state index contributed by atoms with van der Waals surface area (Å²) in [6.45, 7) is 10.3. The van der Waals surface area contributed by atoms with Gasteiger partial charge in [0.1, 0.15) is 5.82 Å². The predicted octanol–water partition coefficient (Wildman–Crippen LogP) is 2.76. The lowest BCUT2D eigenvalue weighted by molar-refractivity contribution is 0.115. The van der Waals surface area contributed by atoms with E-state index in [0.29, 0.717) is 12.1 Å². The van der Waals surface area contributed by atoms with Crippen LogP contribution in [0.3, 0.4) is 0 Å². The van der Waals surface area contributed by atoms with E-state index in [9.17, 15) is 0 Å². The van der Waals surface area contributed by atoms with Crippen molar-refractivity contribution in [2.45, 2.75) is 45.8 Å². The lowest BCUT2D eigenvalue weighted by atomic mass is 10.1. The summed E-state index contributed by atoms with van der Waals surface area (Å²) in [6.07, 6.45) is 4.60. The van der Waals surface area contributed by atoms with Crippen LogP contribution in [0.25, 0.3) is 0 Å². The Kier molecular flexibility index (Phi) is 5.80. The molecule has 2 unspecified atom stereocenters. The summed E-state index contributed by atoms with van der Waals surface area (Å²) < 4.78 is 5.77. The summed E-state index contributed by atoms with van der Waals surface area (Å²) in [5.41, 5.74) is 1.27. The summed E-state index contributed by atoms with van der Waals surface area (Å²) >= 11 is 0. The first-order valence-electron chi connectivity index (χ1n) is 7.81. The van der Waals surface area contributed by atoms with Gasteiger partial charge < -0.3 is 15.0 Å². The van der Waals surface area contributed by atoms with Crippen LogP contribution < -0.4 is 10.2 Å². The van der Waals surface area contributed by atoms with E-state index in [0.717, 1.165) is 32.1 Å². The van der Waals surface area contributed by atoms with Crippen LogP contribution in [0.15, 0.2) is 18.3 Å². The summed E-state index contributed by atoms with van der Waals surface area (Å²) in [6, 6.07) is 4.52. The normalized spacial score (nSPS) is 20.1. The van der Waals surface area contributed by atoms with Crippen molar-refractivity contribution in [3.8, 4) is 0 Å². The van der Waals surface area contributed by atoms with E-state index in [2.05, 4.69) is 42.0 Å². The molecule has 112 valence electrons. The zero-order valence-electron chi connectivity index (χ0n) is 12.9. The number of pyridine rings is 1. The van der Waals surface area contributed by atoms with Crippen molar-refractivity contribution >= 4 is 5.82 Å². The minimum absolute atomic E-state index is 0.322. The molecule has 1 aromatic rings. The number of nitrogens with zero attached hydrogens (tertiary/aromatic N) is 2. The van der Waals surface area contributed by atoms with Gasteiger partial charge in [-0.05, 0) is 39.3 Å². The van der Waals surface area contributed by atoms with Crippen LogP contribution in [-0.2, 0) is 4.74 Å². The number of likely N-dealkylation sites (N-methyl/N-ethyl adjacent to an activating group) is 1. The standard InChI is InChI=1S/C16H27N3O/c1-4-17-13(3)15-9-6-10-18-16(15)19(5-2)12-14-8-7-11-20-14/h6,9-10,13-14,17H,4-5,7-8,11-12H2,1-3H3. The minimum Gasteiger partial charge on any atom is -0.376 e. The minimum atomic E-state index is 0.322. The lowest BCUT2D eigenvalue weighted by Crippen LogP contribution is -2.34. The summed E-state index contributed by atoms with van der Waals surface area (Å²) in [7, 11) is 0. The molecule has 1 fully saturated rings. The molecule has 0 saturated carbocycles. The molecule has 2 rings (SSSR count). The number of aromatic nitrogens is 1. The van der Waals surface area contributed by atoms with Gasteiger partial charge in [0.25, 0.3) is 0 Å². The van der Waals surface area contributed by atoms with E-state index < -0.39 is 0 Å². The van der Waals surface area contributed by atoms with Crippen molar-refractivity contribution in [2.24, 2.45) is 0 Å². The molecular formula is C16H27N3O. The summed E-state index contributed by atoms with van der Waals surface area (Å²) in [5.74, 6) is 1.10. The van der Waals surface area contributed by atoms with Crippen molar-refractivity contribution in [3.05, 3.63) is 23.9 Å². The quantitative estimate of drug-likeness (QED) is 0.831. The van der Waals surface area contributed by atoms with Crippen molar-refractivity contribution in [3.63, 3.8) is 0 Å². The molecule has 1 aliphatic heterocycles. The van der Waals surface area contributed by atoms with Crippen LogP contribution >= 0.6 is 0 Å². The van der Waals surface area contributed by atoms with Gasteiger partial charge in [0.2, 0.25) is 0 Å². The molecule has 0 radical (unpaired) electrons. The smallest absolute Gasteiger partial charge is 0.133 e. The second-order valence-electron chi connectivity index (χ2n) is 5.37. The van der Waals surface area contributed by atoms with Crippen LogP contribution in [0.5, 0.6) is 0 Å². The summed E-state index contributed by atoms with van der Waals surface area (Å²) in [4.78, 5) is 6.97. The van der Waals surface area contributed by atoms with Gasteiger partial charge in [-0.15, -0.1) is 0 Å². The third-order valence-electron chi connectivity index (χ3n) is 3.92. The molecule has 1 aromatic heterocycles. The Bertz CT molecular complexity index is 404. The van der Waals surface area contributed by atoms with Gasteiger partial charge in [0.15, 0.2) is 0 Å². The van der Waals surface area contributed by atoms with E-state index in [4.69, 9.17) is 4.74 Å². The van der Waals surface area contributed by atoms with E-state index in [1.54, 1.807) is 0 Å². The third kappa shape index (κ3) is 3.70. The van der Waals surface area contributed by atoms with Gasteiger partial charge in [0.05, 0.1) is 6.10 Å². The van der Waals surface area contributed by atoms with Gasteiger partial charge in [0, 0.05) is 37.5 Å². The second kappa shape index (κ2) is 7.60. The molecule has 2 heterocycles. The van der Waals surface area contributed by atoms with Gasteiger partial charge in [-0.1, -0.05) is 13.0 Å². The number of rotatable bonds is 7. The fraction of sp³-hybridized carbons (Fsp3) is 0.688. The molecule has 0 aromatic carbocycles. The van der Waals surface area contributed by atoms with Crippen LogP contribution in [-0.4, -0.2) is 37.3 Å². The Morgan fingerprint density at radius 2 is 2.35 bits per heavy atom. The molecule has 1 saturated heterocycles. The highest BCUT2D eigenvalue weighted by Gasteiger charge is 2.21. The maximum absolute atomic E-state index is 5.77. The molecular weight excluding hydrogens is 250 g/mol. The molecule has 4 nitrogen and oxygen atoms in total. The Morgan fingerprint density at radius 3 is 3.00 bits per heavy atom. The van der Waals surface area contributed by atoms with Gasteiger partial charge in [-0.2, -0.15) is 0 Å². The maximum atomic E-state index is 5.77. The fourth-order valence-corrected chi connectivity index (χ4v) is 2.83. The predicted molar refractivity (Wildman–Crippen MR) is 83.2 cm³/mol. The average Bonchev–Trinajstić information content (AvgIpc) is 2.98. The van der Waals surface area contributed by atoms with Crippen LogP contribution in [0.2, 0.25) is 0 Å². The zero-order valence-corrected chi connectivity index (χ0v) is 12.9. The Labute approximate surface area is 122 Å². The van der Waals surface area contributed by atoms with E-state index in [-0.39, 0.29) is 0 Å². The molecule has 1 aliphatic rings. The summed E-state index contributed by atoms with van der Waals surface area (Å²) in [5, 5.41) is 3.48. The largest absolute Gasteiger partial charge is 0.376 e. The zero-order chi connectivity index (χ0) is 14.4. The van der Waals surface area contributed by atoms with E-state index >= 15 is 0 Å². The topological polar surface area (TPSA) is 37.4 Å². The number of nitrogens with one attached hydrogen (secondary N) is 1. The molecule has 0 amide bonds. The van der Waals surface area contributed by atoms with Crippen LogP contribution in [0.1, 0.15) is 45.2 Å². The average molecular weight is 277 g/mol. The molecule has 0 bridgehead atoms. The SMILES string of the molecule is CCNC(C)c1cccnc1N(CC)CC1CCCO1. The number of hydrogen-bond donors (Lipinski definition) is 1. The third-order valence-corrected chi connectivity index (χ3v) is 3.92. The van der Waals surface area contributed by atoms with Gasteiger partial charge in [-0.3, -0.25) is 0 Å². The Hall–Kier alpha value is -1.13. The van der Waals surface area contributed by atoms with Crippen LogP contribution in [0, 0.1) is 0 Å². The monoisotopic (exact) mass is 277 g/mol. The van der Waals surface area contributed by atoms with Crippen molar-refractivity contribution in [2.75, 3.05) is 31.1 Å². The first-order chi connectivity index (χ1) is 9.76. The Morgan fingerprint density at radius 1 is 1.50 bits per heavy atom. The van der Waals surface area contributed by atoms with Crippen molar-refractivity contribution in [1.82, 2.24) is 10.3 Å². The highest BCUT2D eigenvalue weighted by Crippen LogP contribution is 2.25. The van der Waals surface area contributed by atoms with Gasteiger partial charge >= 0.3 is 0 Å². The molecule has 0 spiro atoms. The first-order valence-corrected chi connectivity index (χ1v) is 7.81. The fourth-order valence-electron chi connectivity index (χ4n) is 2.83. The van der Waals surface area contributed by atoms with E-state index in [1.807, 2.05) is 12.3 Å². The number of hydrogen-bond acceptors (Lipinski definition) is 4. The van der Waals surface area contributed by atoms with Crippen molar-refractivity contribution in [1.29, 1.82) is 0 Å². The lowest BCUT2D eigenvalue weighted by Gasteiger charge is -2.28. The first kappa shape index (κ1) is 15.3. The van der Waals surface area contributed by atoms with E-state index in [1.165, 1.54) is 18.4 Å². The highest BCUT2D eigenvalue weighted by atomic mass is 16.5. The second-order valence-corrected chi connectivity index (χ2v) is 5.37. The highest BCUT2D eigenvalue weighted by molar-refractivity contribution is 5.48. The van der Waals surface area contributed by atoms with Crippen molar-refractivity contribution < 1.29 is 4.74 Å². The molecule has 20 heavy (non-hydrogen) atoms. The number of anilines is 1. The molecule has 4 heteroatoms. The molecule has 0 aliphatic carbocycles. The number of ether oxygens (including phenoxy) is 1. The molecule has 1 N–H and O–H groups in total. The maximum Gasteiger partial charge on any atom is 0.133 e. The molecule has 2 atom stereocenters. The Balaban J connectivity index is 2.15. The van der Waals surface area contributed by atoms with Gasteiger partial charge in [-0.25, -0.2) is 4.98 Å².